The van der Waals surface area contributed by atoms with Crippen LogP contribution in [-0.2, 0) is 12.0 Å². The Bertz CT molecular complexity index is 402. The Kier molecular flexibility index (Phi) is 4.39. The number of fused-ring (bicyclic) bond motifs is 1. The minimum absolute atomic E-state index is 0.158. The summed E-state index contributed by atoms with van der Waals surface area (Å²) in [5, 5.41) is 10.7. The largest absolute Gasteiger partial charge is 0.385 e. The molecule has 18 heavy (non-hydrogen) atoms. The molecule has 1 atom stereocenters. The lowest BCUT2D eigenvalue weighted by atomic mass is 9.89. The van der Waals surface area contributed by atoms with Gasteiger partial charge in [0.15, 0.2) is 0 Å². The molecule has 1 aliphatic carbocycles. The number of rotatable bonds is 6. The Morgan fingerprint density at radius 1 is 1.22 bits per heavy atom. The summed E-state index contributed by atoms with van der Waals surface area (Å²) >= 11 is 0. The first-order chi connectivity index (χ1) is 8.67. The average molecular weight is 250 g/mol. The van der Waals surface area contributed by atoms with Crippen molar-refractivity contribution in [3.8, 4) is 0 Å². The number of benzene rings is 1. The topological polar surface area (TPSA) is 20.2 Å². The van der Waals surface area contributed by atoms with Crippen molar-refractivity contribution in [2.75, 3.05) is 0 Å². The van der Waals surface area contributed by atoms with Crippen molar-refractivity contribution in [2.45, 2.75) is 63.9 Å². The highest BCUT2D eigenvalue weighted by molar-refractivity contribution is 5.38. The molecule has 0 aliphatic heterocycles. The van der Waals surface area contributed by atoms with E-state index in [0.717, 1.165) is 24.0 Å². The second-order valence-electron chi connectivity index (χ2n) is 5.46. The summed E-state index contributed by atoms with van der Waals surface area (Å²) in [6.07, 6.45) is 8.06. The summed E-state index contributed by atoms with van der Waals surface area (Å²) in [6.45, 7) is 2.20. The lowest BCUT2D eigenvalue weighted by molar-refractivity contribution is 0.0267. The monoisotopic (exact) mass is 250 g/mol. The van der Waals surface area contributed by atoms with E-state index >= 15 is 0 Å². The van der Waals surface area contributed by atoms with Crippen LogP contribution in [-0.4, -0.2) is 5.11 Å². The molecule has 2 heteroatoms. The van der Waals surface area contributed by atoms with Crippen LogP contribution in [0.3, 0.4) is 0 Å². The van der Waals surface area contributed by atoms with E-state index in [2.05, 4.69) is 6.92 Å². The van der Waals surface area contributed by atoms with Crippen molar-refractivity contribution in [3.63, 3.8) is 0 Å². The van der Waals surface area contributed by atoms with E-state index in [-0.39, 0.29) is 5.82 Å². The zero-order valence-electron chi connectivity index (χ0n) is 11.2. The van der Waals surface area contributed by atoms with Crippen LogP contribution in [0.15, 0.2) is 18.2 Å². The van der Waals surface area contributed by atoms with Crippen LogP contribution in [0.2, 0.25) is 0 Å². The molecular weight excluding hydrogens is 227 g/mol. The first kappa shape index (κ1) is 13.5. The summed E-state index contributed by atoms with van der Waals surface area (Å²) in [5.41, 5.74) is 0.787. The molecule has 0 bridgehead atoms. The molecule has 1 aliphatic rings. The van der Waals surface area contributed by atoms with Gasteiger partial charge in [0.25, 0.3) is 0 Å². The second kappa shape index (κ2) is 5.83. The first-order valence-electron chi connectivity index (χ1n) is 7.17. The number of hydrogen-bond donors (Lipinski definition) is 1. The molecular formula is C16H23FO. The molecule has 1 unspecified atom stereocenters. The molecule has 0 radical (unpaired) electrons. The van der Waals surface area contributed by atoms with Crippen molar-refractivity contribution in [3.05, 3.63) is 35.1 Å². The minimum Gasteiger partial charge on any atom is -0.385 e. The van der Waals surface area contributed by atoms with Crippen LogP contribution in [0.4, 0.5) is 4.39 Å². The second-order valence-corrected chi connectivity index (χ2v) is 5.46. The third-order valence-corrected chi connectivity index (χ3v) is 4.10. The lowest BCUT2D eigenvalue weighted by Crippen LogP contribution is -2.22. The zero-order chi connectivity index (χ0) is 13.0. The molecule has 1 nitrogen and oxygen atoms in total. The molecule has 1 N–H and O–H groups in total. The molecule has 0 aromatic heterocycles. The number of aliphatic hydroxyl groups is 1. The molecule has 0 amide bonds. The van der Waals surface area contributed by atoms with Gasteiger partial charge < -0.3 is 5.11 Å². The van der Waals surface area contributed by atoms with Gasteiger partial charge in [0.1, 0.15) is 5.82 Å². The summed E-state index contributed by atoms with van der Waals surface area (Å²) in [7, 11) is 0. The van der Waals surface area contributed by atoms with Crippen LogP contribution in [0, 0.1) is 5.82 Å². The van der Waals surface area contributed by atoms with Crippen molar-refractivity contribution in [2.24, 2.45) is 0 Å². The SMILES string of the molecule is CCCCCCCC1(O)CCc2c(F)cccc21. The maximum absolute atomic E-state index is 13.6. The molecule has 0 spiro atoms. The minimum atomic E-state index is -0.774. The highest BCUT2D eigenvalue weighted by Gasteiger charge is 2.37. The summed E-state index contributed by atoms with van der Waals surface area (Å²) in [6, 6.07) is 5.09. The lowest BCUT2D eigenvalue weighted by Gasteiger charge is -2.24. The molecule has 0 saturated heterocycles. The van der Waals surface area contributed by atoms with Crippen LogP contribution in [0.25, 0.3) is 0 Å². The van der Waals surface area contributed by atoms with E-state index < -0.39 is 5.60 Å². The quantitative estimate of drug-likeness (QED) is 0.745. The molecule has 1 aromatic rings. The highest BCUT2D eigenvalue weighted by Crippen LogP contribution is 2.41. The highest BCUT2D eigenvalue weighted by atomic mass is 19.1. The molecule has 100 valence electrons. The molecule has 1 aromatic carbocycles. The Balaban J connectivity index is 1.96. The normalized spacial score (nSPS) is 22.2. The van der Waals surface area contributed by atoms with Crippen molar-refractivity contribution < 1.29 is 9.50 Å². The smallest absolute Gasteiger partial charge is 0.126 e. The summed E-state index contributed by atoms with van der Waals surface area (Å²) in [5.74, 6) is -0.158. The van der Waals surface area contributed by atoms with E-state index in [1.807, 2.05) is 6.07 Å². The molecule has 0 fully saturated rings. The summed E-state index contributed by atoms with van der Waals surface area (Å²) < 4.78 is 13.6. The van der Waals surface area contributed by atoms with Crippen LogP contribution in [0.5, 0.6) is 0 Å². The van der Waals surface area contributed by atoms with Gasteiger partial charge in [0, 0.05) is 0 Å². The third-order valence-electron chi connectivity index (χ3n) is 4.10. The van der Waals surface area contributed by atoms with Gasteiger partial charge in [0.2, 0.25) is 0 Å². The zero-order valence-corrected chi connectivity index (χ0v) is 11.2. The van der Waals surface area contributed by atoms with E-state index in [1.165, 1.54) is 31.7 Å². The van der Waals surface area contributed by atoms with Gasteiger partial charge in [-0.05, 0) is 36.5 Å². The maximum atomic E-state index is 13.6. The Morgan fingerprint density at radius 2 is 2.00 bits per heavy atom. The van der Waals surface area contributed by atoms with Crippen LogP contribution >= 0.6 is 0 Å². The predicted molar refractivity (Wildman–Crippen MR) is 72.0 cm³/mol. The van der Waals surface area contributed by atoms with Crippen molar-refractivity contribution in [1.82, 2.24) is 0 Å². The standard InChI is InChI=1S/C16H23FO/c1-2-3-4-5-6-11-16(18)12-10-13-14(16)8-7-9-15(13)17/h7-9,18H,2-6,10-12H2,1H3. The Morgan fingerprint density at radius 3 is 2.78 bits per heavy atom. The predicted octanol–water partition coefficient (Wildman–Crippen LogP) is 4.32. The fourth-order valence-corrected chi connectivity index (χ4v) is 3.00. The van der Waals surface area contributed by atoms with Gasteiger partial charge in [-0.2, -0.15) is 0 Å². The van der Waals surface area contributed by atoms with Gasteiger partial charge in [-0.1, -0.05) is 51.2 Å². The fourth-order valence-electron chi connectivity index (χ4n) is 3.00. The summed E-state index contributed by atoms with van der Waals surface area (Å²) in [4.78, 5) is 0. The van der Waals surface area contributed by atoms with E-state index in [4.69, 9.17) is 0 Å². The van der Waals surface area contributed by atoms with Gasteiger partial charge in [-0.15, -0.1) is 0 Å². The van der Waals surface area contributed by atoms with Gasteiger partial charge in [0.05, 0.1) is 5.60 Å². The molecule has 2 rings (SSSR count). The third kappa shape index (κ3) is 2.74. The van der Waals surface area contributed by atoms with Gasteiger partial charge in [-0.3, -0.25) is 0 Å². The van der Waals surface area contributed by atoms with Crippen LogP contribution < -0.4 is 0 Å². The van der Waals surface area contributed by atoms with Gasteiger partial charge in [-0.25, -0.2) is 4.39 Å². The number of halogens is 1. The molecule has 0 saturated carbocycles. The average Bonchev–Trinajstić information content (AvgIpc) is 2.69. The van der Waals surface area contributed by atoms with E-state index in [0.29, 0.717) is 12.8 Å². The first-order valence-corrected chi connectivity index (χ1v) is 7.17. The Hall–Kier alpha value is -0.890. The Labute approximate surface area is 109 Å². The van der Waals surface area contributed by atoms with Crippen molar-refractivity contribution in [1.29, 1.82) is 0 Å². The maximum Gasteiger partial charge on any atom is 0.126 e. The number of unbranched alkanes of at least 4 members (excludes halogenated alkanes) is 4. The van der Waals surface area contributed by atoms with E-state index in [9.17, 15) is 9.50 Å². The fraction of sp³-hybridized carbons (Fsp3) is 0.625. The van der Waals surface area contributed by atoms with E-state index in [1.54, 1.807) is 6.07 Å². The van der Waals surface area contributed by atoms with Crippen LogP contribution in [0.1, 0.15) is 63.0 Å². The van der Waals surface area contributed by atoms with Gasteiger partial charge >= 0.3 is 0 Å². The molecule has 0 heterocycles. The van der Waals surface area contributed by atoms with Crippen molar-refractivity contribution >= 4 is 0 Å². The number of hydrogen-bond acceptors (Lipinski definition) is 1.